The molecule has 2 heteroatoms. The standard InChI is InChI=1S/C19H18N2/c1-19(2)13-9-15(19)14-8-12-6-5-11-4-3-7-20-17(11)18(12)21-16(14)10-13/h3-8,13,15H,9-10H2,1-2H3/t13-,15+/m0/s1. The highest BCUT2D eigenvalue weighted by molar-refractivity contribution is 6.02. The van der Waals surface area contributed by atoms with E-state index >= 15 is 0 Å². The largest absolute Gasteiger partial charge is 0.254 e. The van der Waals surface area contributed by atoms with Crippen molar-refractivity contribution in [3.63, 3.8) is 0 Å². The molecular weight excluding hydrogens is 256 g/mol. The molecule has 6 rings (SSSR count). The van der Waals surface area contributed by atoms with Crippen LogP contribution >= 0.6 is 0 Å². The average Bonchev–Trinajstić information content (AvgIpc) is 2.52. The molecule has 0 unspecified atom stereocenters. The summed E-state index contributed by atoms with van der Waals surface area (Å²) in [5.74, 6) is 1.51. The molecule has 0 aliphatic heterocycles. The maximum Gasteiger partial charge on any atom is 0.0968 e. The van der Waals surface area contributed by atoms with Crippen molar-refractivity contribution < 1.29 is 0 Å². The molecule has 0 amide bonds. The molecule has 2 bridgehead atoms. The smallest absolute Gasteiger partial charge is 0.0968 e. The van der Waals surface area contributed by atoms with Crippen LogP contribution in [-0.4, -0.2) is 9.97 Å². The molecule has 0 N–H and O–H groups in total. The van der Waals surface area contributed by atoms with E-state index in [-0.39, 0.29) is 0 Å². The number of pyridine rings is 2. The molecule has 0 saturated heterocycles. The number of hydrogen-bond acceptors (Lipinski definition) is 2. The molecule has 3 aliphatic rings. The normalized spacial score (nSPS) is 25.6. The van der Waals surface area contributed by atoms with Gasteiger partial charge >= 0.3 is 0 Å². The first-order valence-electron chi connectivity index (χ1n) is 7.82. The van der Waals surface area contributed by atoms with Crippen LogP contribution in [0.5, 0.6) is 0 Å². The summed E-state index contributed by atoms with van der Waals surface area (Å²) in [4.78, 5) is 9.58. The second kappa shape index (κ2) is 3.62. The van der Waals surface area contributed by atoms with Crippen LogP contribution in [0.25, 0.3) is 21.8 Å². The fraction of sp³-hybridized carbons (Fsp3) is 0.368. The highest BCUT2D eigenvalue weighted by Crippen LogP contribution is 2.62. The van der Waals surface area contributed by atoms with Gasteiger partial charge in [0.05, 0.1) is 11.0 Å². The molecule has 1 aromatic carbocycles. The predicted octanol–water partition coefficient (Wildman–Crippen LogP) is 4.47. The van der Waals surface area contributed by atoms with Crippen molar-refractivity contribution in [1.82, 2.24) is 9.97 Å². The first-order valence-corrected chi connectivity index (χ1v) is 7.82. The summed E-state index contributed by atoms with van der Waals surface area (Å²) >= 11 is 0. The van der Waals surface area contributed by atoms with Crippen LogP contribution in [0.1, 0.15) is 37.4 Å². The zero-order valence-electron chi connectivity index (χ0n) is 12.4. The van der Waals surface area contributed by atoms with Gasteiger partial charge in [0, 0.05) is 22.7 Å². The molecule has 2 aromatic heterocycles. The van der Waals surface area contributed by atoms with E-state index in [4.69, 9.17) is 4.98 Å². The van der Waals surface area contributed by atoms with Crippen LogP contribution in [0.3, 0.4) is 0 Å². The summed E-state index contributed by atoms with van der Waals surface area (Å²) in [5.41, 5.74) is 5.38. The summed E-state index contributed by atoms with van der Waals surface area (Å²) in [6, 6.07) is 10.8. The molecule has 2 heterocycles. The molecule has 104 valence electrons. The molecule has 2 nitrogen and oxygen atoms in total. The first kappa shape index (κ1) is 11.7. The monoisotopic (exact) mass is 274 g/mol. The van der Waals surface area contributed by atoms with Crippen molar-refractivity contribution in [1.29, 1.82) is 0 Å². The zero-order chi connectivity index (χ0) is 14.2. The summed E-state index contributed by atoms with van der Waals surface area (Å²) < 4.78 is 0. The van der Waals surface area contributed by atoms with Gasteiger partial charge in [-0.1, -0.05) is 32.0 Å². The molecule has 0 radical (unpaired) electrons. The van der Waals surface area contributed by atoms with Gasteiger partial charge in [-0.05, 0) is 47.8 Å². The third-order valence-corrected chi connectivity index (χ3v) is 5.96. The molecule has 0 spiro atoms. The fourth-order valence-corrected chi connectivity index (χ4v) is 4.42. The van der Waals surface area contributed by atoms with Crippen LogP contribution < -0.4 is 0 Å². The summed E-state index contributed by atoms with van der Waals surface area (Å²) in [6.07, 6.45) is 4.35. The molecule has 21 heavy (non-hydrogen) atoms. The molecule has 2 atom stereocenters. The highest BCUT2D eigenvalue weighted by atomic mass is 14.8. The Bertz CT molecular complexity index is 895. The topological polar surface area (TPSA) is 25.8 Å². The van der Waals surface area contributed by atoms with Crippen LogP contribution in [0.4, 0.5) is 0 Å². The van der Waals surface area contributed by atoms with Crippen LogP contribution in [0, 0.1) is 11.3 Å². The van der Waals surface area contributed by atoms with E-state index in [1.165, 1.54) is 28.5 Å². The number of aromatic nitrogens is 2. The summed E-state index contributed by atoms with van der Waals surface area (Å²) in [6.45, 7) is 4.84. The average molecular weight is 274 g/mol. The quantitative estimate of drug-likeness (QED) is 0.565. The van der Waals surface area contributed by atoms with Crippen molar-refractivity contribution in [2.24, 2.45) is 11.3 Å². The van der Waals surface area contributed by atoms with Gasteiger partial charge in [-0.2, -0.15) is 0 Å². The van der Waals surface area contributed by atoms with Crippen molar-refractivity contribution in [2.75, 3.05) is 0 Å². The second-order valence-electron chi connectivity index (χ2n) is 7.25. The van der Waals surface area contributed by atoms with Gasteiger partial charge in [0.1, 0.15) is 0 Å². The molecule has 1 fully saturated rings. The van der Waals surface area contributed by atoms with E-state index in [1.54, 1.807) is 0 Å². The van der Waals surface area contributed by atoms with Gasteiger partial charge < -0.3 is 0 Å². The van der Waals surface area contributed by atoms with Crippen molar-refractivity contribution >= 4 is 21.8 Å². The maximum atomic E-state index is 5.03. The second-order valence-corrected chi connectivity index (χ2v) is 7.25. The van der Waals surface area contributed by atoms with Crippen LogP contribution in [0.2, 0.25) is 0 Å². The zero-order valence-corrected chi connectivity index (χ0v) is 12.4. The fourth-order valence-electron chi connectivity index (χ4n) is 4.42. The van der Waals surface area contributed by atoms with E-state index < -0.39 is 0 Å². The molecule has 3 aromatic rings. The number of fused-ring (bicyclic) bond motifs is 3. The number of hydrogen-bond donors (Lipinski definition) is 0. The summed E-state index contributed by atoms with van der Waals surface area (Å²) in [5, 5.41) is 2.42. The Kier molecular flexibility index (Phi) is 2.01. The van der Waals surface area contributed by atoms with E-state index in [9.17, 15) is 0 Å². The number of rotatable bonds is 0. The lowest BCUT2D eigenvalue weighted by Gasteiger charge is -2.56. The van der Waals surface area contributed by atoms with Gasteiger partial charge in [-0.3, -0.25) is 9.97 Å². The predicted molar refractivity (Wildman–Crippen MR) is 85.4 cm³/mol. The van der Waals surface area contributed by atoms with Gasteiger partial charge in [-0.15, -0.1) is 0 Å². The maximum absolute atomic E-state index is 5.03. The number of benzene rings is 1. The molecule has 1 saturated carbocycles. The van der Waals surface area contributed by atoms with Crippen molar-refractivity contribution in [2.45, 2.75) is 32.6 Å². The number of nitrogens with zero attached hydrogens (tertiary/aromatic N) is 2. The van der Waals surface area contributed by atoms with Gasteiger partial charge in [0.15, 0.2) is 0 Å². The van der Waals surface area contributed by atoms with Crippen LogP contribution in [0.15, 0.2) is 36.5 Å². The Morgan fingerprint density at radius 3 is 2.81 bits per heavy atom. The van der Waals surface area contributed by atoms with Crippen molar-refractivity contribution in [3.8, 4) is 0 Å². The Balaban J connectivity index is 1.83. The van der Waals surface area contributed by atoms with Crippen LogP contribution in [-0.2, 0) is 6.42 Å². The van der Waals surface area contributed by atoms with E-state index in [2.05, 4.69) is 43.1 Å². The van der Waals surface area contributed by atoms with Crippen molar-refractivity contribution in [3.05, 3.63) is 47.8 Å². The Morgan fingerprint density at radius 1 is 1.10 bits per heavy atom. The van der Waals surface area contributed by atoms with Gasteiger partial charge in [0.25, 0.3) is 0 Å². The van der Waals surface area contributed by atoms with E-state index in [1.807, 2.05) is 12.3 Å². The lowest BCUT2D eigenvalue weighted by Crippen LogP contribution is -2.48. The van der Waals surface area contributed by atoms with E-state index in [0.29, 0.717) is 11.3 Å². The highest BCUT2D eigenvalue weighted by Gasteiger charge is 2.52. The minimum atomic E-state index is 0.456. The summed E-state index contributed by atoms with van der Waals surface area (Å²) in [7, 11) is 0. The van der Waals surface area contributed by atoms with E-state index in [0.717, 1.165) is 23.4 Å². The van der Waals surface area contributed by atoms with Gasteiger partial charge in [-0.25, -0.2) is 0 Å². The van der Waals surface area contributed by atoms with Gasteiger partial charge in [0.2, 0.25) is 0 Å². The first-order chi connectivity index (χ1) is 10.1. The Hall–Kier alpha value is -1.96. The lowest BCUT2D eigenvalue weighted by atomic mass is 9.48. The molecular formula is C19H18N2. The Morgan fingerprint density at radius 2 is 1.95 bits per heavy atom. The minimum Gasteiger partial charge on any atom is -0.254 e. The lowest BCUT2D eigenvalue weighted by molar-refractivity contribution is 0.0172. The SMILES string of the molecule is CC1(C)[C@@H]2Cc3nc4c(ccc5cccnc54)cc3[C@H]1C2. The molecule has 3 aliphatic carbocycles. The Labute approximate surface area is 124 Å². The third-order valence-electron chi connectivity index (χ3n) is 5.96. The third kappa shape index (κ3) is 1.38. The minimum absolute atomic E-state index is 0.456.